The van der Waals surface area contributed by atoms with Crippen LogP contribution in [0.15, 0.2) is 46.0 Å². The fraction of sp³-hybridized carbons (Fsp3) is 0.312. The standard InChI is InChI=1S/C16H19N3O4S2/c20-15(12-19-7-9-23-10-8-19)17-13-3-5-14(6-4-13)18-25(21,22)16-2-1-11-24-16/h1-6,11,18H,7-10,12H2,(H,17,20). The maximum absolute atomic E-state index is 12.2. The van der Waals surface area contributed by atoms with E-state index in [0.717, 1.165) is 24.4 Å². The molecule has 2 aromatic rings. The topological polar surface area (TPSA) is 87.7 Å². The summed E-state index contributed by atoms with van der Waals surface area (Å²) in [6.45, 7) is 3.10. The minimum Gasteiger partial charge on any atom is -0.379 e. The molecule has 1 aromatic heterocycles. The van der Waals surface area contributed by atoms with Gasteiger partial charge in [-0.15, -0.1) is 11.3 Å². The summed E-state index contributed by atoms with van der Waals surface area (Å²) in [6, 6.07) is 9.82. The van der Waals surface area contributed by atoms with Crippen molar-refractivity contribution in [2.24, 2.45) is 0 Å². The summed E-state index contributed by atoms with van der Waals surface area (Å²) in [5.74, 6) is -0.103. The van der Waals surface area contributed by atoms with Gasteiger partial charge in [0.05, 0.1) is 19.8 Å². The number of nitrogens with one attached hydrogen (secondary N) is 2. The molecule has 0 bridgehead atoms. The third-order valence-electron chi connectivity index (χ3n) is 3.65. The number of benzene rings is 1. The van der Waals surface area contributed by atoms with E-state index in [1.54, 1.807) is 41.8 Å². The molecule has 134 valence electrons. The highest BCUT2D eigenvalue weighted by molar-refractivity contribution is 7.94. The highest BCUT2D eigenvalue weighted by Gasteiger charge is 2.16. The van der Waals surface area contributed by atoms with E-state index in [2.05, 4.69) is 10.0 Å². The van der Waals surface area contributed by atoms with Crippen LogP contribution < -0.4 is 10.0 Å². The third-order valence-corrected chi connectivity index (χ3v) is 6.43. The average Bonchev–Trinajstić information content (AvgIpc) is 3.13. The Morgan fingerprint density at radius 3 is 2.44 bits per heavy atom. The summed E-state index contributed by atoms with van der Waals surface area (Å²) in [6.07, 6.45) is 0. The number of amides is 1. The first-order chi connectivity index (χ1) is 12.0. The summed E-state index contributed by atoms with van der Waals surface area (Å²) < 4.78 is 32.3. The van der Waals surface area contributed by atoms with E-state index in [1.165, 1.54) is 0 Å². The summed E-state index contributed by atoms with van der Waals surface area (Å²) in [5.41, 5.74) is 1.07. The summed E-state index contributed by atoms with van der Waals surface area (Å²) >= 11 is 1.16. The van der Waals surface area contributed by atoms with Crippen molar-refractivity contribution in [3.63, 3.8) is 0 Å². The van der Waals surface area contributed by atoms with Gasteiger partial charge in [0.1, 0.15) is 4.21 Å². The maximum atomic E-state index is 12.2. The zero-order valence-electron chi connectivity index (χ0n) is 13.5. The van der Waals surface area contributed by atoms with Crippen molar-refractivity contribution in [3.05, 3.63) is 41.8 Å². The Morgan fingerprint density at radius 2 is 1.80 bits per heavy atom. The molecule has 1 aromatic carbocycles. The van der Waals surface area contributed by atoms with E-state index in [1.807, 2.05) is 4.90 Å². The van der Waals surface area contributed by atoms with Gasteiger partial charge in [-0.25, -0.2) is 8.42 Å². The van der Waals surface area contributed by atoms with Crippen LogP contribution in [0.3, 0.4) is 0 Å². The van der Waals surface area contributed by atoms with Gasteiger partial charge in [-0.05, 0) is 35.7 Å². The summed E-state index contributed by atoms with van der Waals surface area (Å²) in [4.78, 5) is 14.1. The molecule has 0 aliphatic carbocycles. The van der Waals surface area contributed by atoms with Crippen LogP contribution in [-0.2, 0) is 19.6 Å². The van der Waals surface area contributed by atoms with Crippen molar-refractivity contribution < 1.29 is 17.9 Å². The Bertz CT molecular complexity index is 798. The second-order valence-corrected chi connectivity index (χ2v) is 8.41. The number of hydrogen-bond acceptors (Lipinski definition) is 6. The van der Waals surface area contributed by atoms with Crippen LogP contribution in [0, 0.1) is 0 Å². The zero-order chi connectivity index (χ0) is 17.7. The van der Waals surface area contributed by atoms with Gasteiger partial charge in [-0.2, -0.15) is 0 Å². The molecule has 1 aliphatic rings. The molecule has 7 nitrogen and oxygen atoms in total. The van der Waals surface area contributed by atoms with Gasteiger partial charge >= 0.3 is 0 Å². The van der Waals surface area contributed by atoms with Crippen LogP contribution in [0.5, 0.6) is 0 Å². The number of carbonyl (C=O) groups excluding carboxylic acids is 1. The second kappa shape index (κ2) is 7.96. The third kappa shape index (κ3) is 5.02. The van der Waals surface area contributed by atoms with Gasteiger partial charge in [-0.1, -0.05) is 6.07 Å². The average molecular weight is 381 g/mol. The number of sulfonamides is 1. The van der Waals surface area contributed by atoms with Crippen LogP contribution in [0.2, 0.25) is 0 Å². The minimum absolute atomic E-state index is 0.103. The summed E-state index contributed by atoms with van der Waals surface area (Å²) in [5, 5.41) is 4.52. The molecular formula is C16H19N3O4S2. The lowest BCUT2D eigenvalue weighted by atomic mass is 10.3. The molecular weight excluding hydrogens is 362 g/mol. The number of carbonyl (C=O) groups is 1. The van der Waals surface area contributed by atoms with Crippen LogP contribution >= 0.6 is 11.3 Å². The van der Waals surface area contributed by atoms with Crippen molar-refractivity contribution in [1.29, 1.82) is 0 Å². The van der Waals surface area contributed by atoms with E-state index in [4.69, 9.17) is 4.74 Å². The van der Waals surface area contributed by atoms with Crippen LogP contribution in [0.1, 0.15) is 0 Å². The second-order valence-electron chi connectivity index (χ2n) is 5.55. The van der Waals surface area contributed by atoms with Gasteiger partial charge in [0.2, 0.25) is 5.91 Å². The quantitative estimate of drug-likeness (QED) is 0.797. The molecule has 25 heavy (non-hydrogen) atoms. The Balaban J connectivity index is 1.56. The number of hydrogen-bond donors (Lipinski definition) is 2. The van der Waals surface area contributed by atoms with Gasteiger partial charge in [-0.3, -0.25) is 14.4 Å². The van der Waals surface area contributed by atoms with Gasteiger partial charge in [0, 0.05) is 24.5 Å². The fourth-order valence-electron chi connectivity index (χ4n) is 2.41. The number of nitrogens with zero attached hydrogens (tertiary/aromatic N) is 1. The van der Waals surface area contributed by atoms with Crippen molar-refractivity contribution in [3.8, 4) is 0 Å². The molecule has 2 N–H and O–H groups in total. The zero-order valence-corrected chi connectivity index (χ0v) is 15.1. The molecule has 0 spiro atoms. The monoisotopic (exact) mass is 381 g/mol. The van der Waals surface area contributed by atoms with E-state index in [9.17, 15) is 13.2 Å². The predicted molar refractivity (Wildman–Crippen MR) is 97.5 cm³/mol. The molecule has 0 atom stereocenters. The lowest BCUT2D eigenvalue weighted by Gasteiger charge is -2.25. The Hall–Kier alpha value is -1.94. The Morgan fingerprint density at radius 1 is 1.12 bits per heavy atom. The first-order valence-corrected chi connectivity index (χ1v) is 10.2. The Labute approximate surface area is 150 Å². The van der Waals surface area contributed by atoms with E-state index < -0.39 is 10.0 Å². The van der Waals surface area contributed by atoms with Crippen molar-refractivity contribution in [2.45, 2.75) is 4.21 Å². The SMILES string of the molecule is O=C(CN1CCOCC1)Nc1ccc(NS(=O)(=O)c2cccs2)cc1. The minimum atomic E-state index is -3.56. The normalized spacial score (nSPS) is 15.7. The smallest absolute Gasteiger partial charge is 0.271 e. The number of morpholine rings is 1. The van der Waals surface area contributed by atoms with Crippen LogP contribution in [-0.4, -0.2) is 52.1 Å². The number of thiophene rings is 1. The molecule has 1 aliphatic heterocycles. The van der Waals surface area contributed by atoms with Crippen molar-refractivity contribution in [2.75, 3.05) is 42.9 Å². The molecule has 9 heteroatoms. The van der Waals surface area contributed by atoms with Crippen LogP contribution in [0.25, 0.3) is 0 Å². The molecule has 1 amide bonds. The molecule has 0 unspecified atom stereocenters. The van der Waals surface area contributed by atoms with Crippen LogP contribution in [0.4, 0.5) is 11.4 Å². The largest absolute Gasteiger partial charge is 0.379 e. The predicted octanol–water partition coefficient (Wildman–Crippen LogP) is 1.82. The van der Waals surface area contributed by atoms with E-state index in [-0.39, 0.29) is 10.1 Å². The number of anilines is 2. The van der Waals surface area contributed by atoms with Crippen molar-refractivity contribution in [1.82, 2.24) is 4.90 Å². The highest BCUT2D eigenvalue weighted by Crippen LogP contribution is 2.21. The van der Waals surface area contributed by atoms with Gasteiger partial charge in [0.25, 0.3) is 10.0 Å². The van der Waals surface area contributed by atoms with Gasteiger partial charge in [0.15, 0.2) is 0 Å². The maximum Gasteiger partial charge on any atom is 0.271 e. The molecule has 1 saturated heterocycles. The lowest BCUT2D eigenvalue weighted by Crippen LogP contribution is -2.41. The summed E-state index contributed by atoms with van der Waals surface area (Å²) in [7, 11) is -3.56. The number of ether oxygens (including phenoxy) is 1. The molecule has 0 saturated carbocycles. The van der Waals surface area contributed by atoms with E-state index >= 15 is 0 Å². The Kier molecular flexibility index (Phi) is 5.69. The van der Waals surface area contributed by atoms with Crippen molar-refractivity contribution >= 4 is 38.6 Å². The molecule has 1 fully saturated rings. The lowest BCUT2D eigenvalue weighted by molar-refractivity contribution is -0.118. The molecule has 2 heterocycles. The number of rotatable bonds is 6. The molecule has 0 radical (unpaired) electrons. The fourth-order valence-corrected chi connectivity index (χ4v) is 4.46. The highest BCUT2D eigenvalue weighted by atomic mass is 32.2. The van der Waals surface area contributed by atoms with Gasteiger partial charge < -0.3 is 10.1 Å². The first kappa shape index (κ1) is 17.9. The first-order valence-electron chi connectivity index (χ1n) is 7.79. The molecule has 3 rings (SSSR count). The van der Waals surface area contributed by atoms with E-state index in [0.29, 0.717) is 31.1 Å².